The summed E-state index contributed by atoms with van der Waals surface area (Å²) in [5, 5.41) is 3.64. The predicted octanol–water partition coefficient (Wildman–Crippen LogP) is 3.32. The SMILES string of the molecule is Cc1cc(OCC(=O)NC[C@H](Cc2ccccc2)N(C)C)ccc1Cl. The number of ether oxygens (including phenoxy) is 1. The summed E-state index contributed by atoms with van der Waals surface area (Å²) in [6.45, 7) is 2.47. The second kappa shape index (κ2) is 9.44. The third-order valence-electron chi connectivity index (χ3n) is 4.08. The van der Waals surface area contributed by atoms with Crippen LogP contribution in [0.5, 0.6) is 5.75 Å². The Morgan fingerprint density at radius 3 is 2.56 bits per heavy atom. The van der Waals surface area contributed by atoms with Gasteiger partial charge in [0.1, 0.15) is 5.75 Å². The number of carbonyl (C=O) groups is 1. The molecular formula is C20H25ClN2O2. The second-order valence-corrected chi connectivity index (χ2v) is 6.72. The molecule has 1 atom stereocenters. The molecule has 0 saturated carbocycles. The van der Waals surface area contributed by atoms with Crippen molar-refractivity contribution in [1.82, 2.24) is 10.2 Å². The van der Waals surface area contributed by atoms with Gasteiger partial charge in [-0.15, -0.1) is 0 Å². The van der Waals surface area contributed by atoms with Gasteiger partial charge in [0.25, 0.3) is 5.91 Å². The summed E-state index contributed by atoms with van der Waals surface area (Å²) in [5.41, 5.74) is 2.18. The van der Waals surface area contributed by atoms with E-state index in [1.54, 1.807) is 12.1 Å². The Kier molecular flexibility index (Phi) is 7.29. The van der Waals surface area contributed by atoms with Gasteiger partial charge in [-0.2, -0.15) is 0 Å². The number of amides is 1. The molecule has 0 aliphatic rings. The maximum atomic E-state index is 12.1. The summed E-state index contributed by atoms with van der Waals surface area (Å²) in [6.07, 6.45) is 0.880. The van der Waals surface area contributed by atoms with Crippen LogP contribution >= 0.6 is 11.6 Å². The number of hydrogen-bond donors (Lipinski definition) is 1. The number of nitrogens with zero attached hydrogens (tertiary/aromatic N) is 1. The van der Waals surface area contributed by atoms with Crippen molar-refractivity contribution in [2.75, 3.05) is 27.2 Å². The molecule has 0 heterocycles. The van der Waals surface area contributed by atoms with Crippen LogP contribution in [0.4, 0.5) is 0 Å². The summed E-state index contributed by atoms with van der Waals surface area (Å²) >= 11 is 5.98. The maximum absolute atomic E-state index is 12.1. The molecule has 25 heavy (non-hydrogen) atoms. The molecule has 0 spiro atoms. The van der Waals surface area contributed by atoms with Crippen molar-refractivity contribution >= 4 is 17.5 Å². The fraction of sp³-hybridized carbons (Fsp3) is 0.350. The molecule has 0 fully saturated rings. The Morgan fingerprint density at radius 2 is 1.92 bits per heavy atom. The van der Waals surface area contributed by atoms with Crippen molar-refractivity contribution in [3.05, 3.63) is 64.7 Å². The molecule has 1 N–H and O–H groups in total. The third kappa shape index (κ3) is 6.40. The van der Waals surface area contributed by atoms with Crippen molar-refractivity contribution in [2.24, 2.45) is 0 Å². The largest absolute Gasteiger partial charge is 0.484 e. The molecule has 5 heteroatoms. The highest BCUT2D eigenvalue weighted by atomic mass is 35.5. The number of carbonyl (C=O) groups excluding carboxylic acids is 1. The Hall–Kier alpha value is -2.04. The molecule has 0 aromatic heterocycles. The lowest BCUT2D eigenvalue weighted by molar-refractivity contribution is -0.123. The van der Waals surface area contributed by atoms with E-state index in [1.165, 1.54) is 5.56 Å². The van der Waals surface area contributed by atoms with Crippen LogP contribution in [0, 0.1) is 6.92 Å². The lowest BCUT2D eigenvalue weighted by Gasteiger charge is -2.24. The predicted molar refractivity (Wildman–Crippen MR) is 102 cm³/mol. The van der Waals surface area contributed by atoms with Gasteiger partial charge >= 0.3 is 0 Å². The van der Waals surface area contributed by atoms with Crippen LogP contribution in [0.25, 0.3) is 0 Å². The minimum atomic E-state index is -0.132. The highest BCUT2D eigenvalue weighted by Gasteiger charge is 2.14. The highest BCUT2D eigenvalue weighted by molar-refractivity contribution is 6.31. The summed E-state index contributed by atoms with van der Waals surface area (Å²) in [6, 6.07) is 15.9. The normalized spacial score (nSPS) is 12.0. The summed E-state index contributed by atoms with van der Waals surface area (Å²) in [5.74, 6) is 0.512. The Balaban J connectivity index is 1.81. The van der Waals surface area contributed by atoms with Gasteiger partial charge in [-0.3, -0.25) is 4.79 Å². The van der Waals surface area contributed by atoms with E-state index in [-0.39, 0.29) is 18.6 Å². The van der Waals surface area contributed by atoms with E-state index in [2.05, 4.69) is 22.3 Å². The minimum absolute atomic E-state index is 0.00738. The molecule has 0 aliphatic carbocycles. The van der Waals surface area contributed by atoms with Crippen LogP contribution in [0.1, 0.15) is 11.1 Å². The first-order valence-corrected chi connectivity index (χ1v) is 8.69. The Labute approximate surface area is 154 Å². The number of aryl methyl sites for hydroxylation is 1. The van der Waals surface area contributed by atoms with Gasteiger partial charge in [-0.1, -0.05) is 41.9 Å². The van der Waals surface area contributed by atoms with Gasteiger partial charge in [0.15, 0.2) is 6.61 Å². The van der Waals surface area contributed by atoms with Crippen LogP contribution in [-0.4, -0.2) is 44.1 Å². The lowest BCUT2D eigenvalue weighted by Crippen LogP contribution is -2.42. The lowest BCUT2D eigenvalue weighted by atomic mass is 10.1. The number of nitrogens with one attached hydrogen (secondary N) is 1. The van der Waals surface area contributed by atoms with E-state index in [0.717, 1.165) is 12.0 Å². The van der Waals surface area contributed by atoms with Crippen molar-refractivity contribution in [2.45, 2.75) is 19.4 Å². The molecule has 134 valence electrons. The van der Waals surface area contributed by atoms with Crippen LogP contribution in [0.2, 0.25) is 5.02 Å². The number of likely N-dealkylation sites (N-methyl/N-ethyl adjacent to an activating group) is 1. The minimum Gasteiger partial charge on any atom is -0.484 e. The van der Waals surface area contributed by atoms with Crippen molar-refractivity contribution in [1.29, 1.82) is 0 Å². The molecule has 2 aromatic rings. The zero-order valence-electron chi connectivity index (χ0n) is 15.0. The molecule has 0 radical (unpaired) electrons. The van der Waals surface area contributed by atoms with Gasteiger partial charge in [0.05, 0.1) is 0 Å². The highest BCUT2D eigenvalue weighted by Crippen LogP contribution is 2.20. The third-order valence-corrected chi connectivity index (χ3v) is 4.50. The first-order chi connectivity index (χ1) is 12.0. The first-order valence-electron chi connectivity index (χ1n) is 8.31. The molecule has 0 unspecified atom stereocenters. The van der Waals surface area contributed by atoms with Crippen LogP contribution in [-0.2, 0) is 11.2 Å². The Morgan fingerprint density at radius 1 is 1.20 bits per heavy atom. The van der Waals surface area contributed by atoms with Crippen molar-refractivity contribution < 1.29 is 9.53 Å². The molecule has 0 aliphatic heterocycles. The molecule has 4 nitrogen and oxygen atoms in total. The van der Waals surface area contributed by atoms with Gasteiger partial charge in [-0.05, 0) is 56.8 Å². The number of halogens is 1. The molecule has 2 rings (SSSR count). The summed E-state index contributed by atoms with van der Waals surface area (Å²) < 4.78 is 5.53. The zero-order valence-corrected chi connectivity index (χ0v) is 15.7. The average molecular weight is 361 g/mol. The van der Waals surface area contributed by atoms with E-state index in [0.29, 0.717) is 17.3 Å². The smallest absolute Gasteiger partial charge is 0.257 e. The van der Waals surface area contributed by atoms with Gasteiger partial charge in [0, 0.05) is 17.6 Å². The van der Waals surface area contributed by atoms with Crippen LogP contribution in [0.15, 0.2) is 48.5 Å². The van der Waals surface area contributed by atoms with Crippen LogP contribution in [0.3, 0.4) is 0 Å². The maximum Gasteiger partial charge on any atom is 0.257 e. The quantitative estimate of drug-likeness (QED) is 0.785. The standard InChI is InChI=1S/C20H25ClN2O2/c1-15-11-18(9-10-19(15)21)25-14-20(24)22-13-17(23(2)3)12-16-7-5-4-6-8-16/h4-11,17H,12-14H2,1-3H3,(H,22,24)/t17-/m0/s1. The average Bonchev–Trinajstić information content (AvgIpc) is 2.60. The summed E-state index contributed by atoms with van der Waals surface area (Å²) in [7, 11) is 4.04. The van der Waals surface area contributed by atoms with Crippen LogP contribution < -0.4 is 10.1 Å². The first kappa shape index (κ1) is 19.3. The number of hydrogen-bond acceptors (Lipinski definition) is 3. The Bertz CT molecular complexity index is 689. The summed E-state index contributed by atoms with van der Waals surface area (Å²) in [4.78, 5) is 14.2. The van der Waals surface area contributed by atoms with Gasteiger partial charge in [0.2, 0.25) is 0 Å². The molecule has 1 amide bonds. The zero-order chi connectivity index (χ0) is 18.2. The van der Waals surface area contributed by atoms with E-state index in [4.69, 9.17) is 16.3 Å². The topological polar surface area (TPSA) is 41.6 Å². The fourth-order valence-electron chi connectivity index (χ4n) is 2.46. The van der Waals surface area contributed by atoms with E-state index in [1.807, 2.05) is 45.3 Å². The van der Waals surface area contributed by atoms with Gasteiger partial charge < -0.3 is 15.0 Å². The molecule has 0 saturated heterocycles. The second-order valence-electron chi connectivity index (χ2n) is 6.31. The molecular weight excluding hydrogens is 336 g/mol. The van der Waals surface area contributed by atoms with E-state index in [9.17, 15) is 4.79 Å². The van der Waals surface area contributed by atoms with E-state index >= 15 is 0 Å². The van der Waals surface area contributed by atoms with Crippen molar-refractivity contribution in [3.63, 3.8) is 0 Å². The van der Waals surface area contributed by atoms with E-state index < -0.39 is 0 Å². The van der Waals surface area contributed by atoms with Crippen molar-refractivity contribution in [3.8, 4) is 5.75 Å². The fourth-order valence-corrected chi connectivity index (χ4v) is 2.58. The number of rotatable bonds is 8. The monoisotopic (exact) mass is 360 g/mol. The molecule has 0 bridgehead atoms. The van der Waals surface area contributed by atoms with Gasteiger partial charge in [-0.25, -0.2) is 0 Å². The molecule has 2 aromatic carbocycles. The number of benzene rings is 2.